The Morgan fingerprint density at radius 1 is 1.31 bits per heavy atom. The fourth-order valence-corrected chi connectivity index (χ4v) is 3.51. The highest BCUT2D eigenvalue weighted by Gasteiger charge is 2.38. The lowest BCUT2D eigenvalue weighted by Gasteiger charge is -2.40. The first-order chi connectivity index (χ1) is 12.5. The molecule has 1 fully saturated rings. The highest BCUT2D eigenvalue weighted by atomic mass is 16.2. The number of nitrogens with zero attached hydrogens (tertiary/aromatic N) is 2. The van der Waals surface area contributed by atoms with Crippen LogP contribution in [0.3, 0.4) is 0 Å². The average molecular weight is 355 g/mol. The first-order valence-corrected chi connectivity index (χ1v) is 8.86. The molecule has 0 saturated carbocycles. The molecule has 1 aromatic carbocycles. The van der Waals surface area contributed by atoms with E-state index in [0.717, 1.165) is 31.6 Å². The summed E-state index contributed by atoms with van der Waals surface area (Å²) in [7, 11) is 2.13. The fraction of sp³-hybridized carbons (Fsp3) is 0.421. The molecular formula is C19H25N5O2. The summed E-state index contributed by atoms with van der Waals surface area (Å²) >= 11 is 0. The Kier molecular flexibility index (Phi) is 5.37. The van der Waals surface area contributed by atoms with E-state index in [1.54, 1.807) is 6.92 Å². The van der Waals surface area contributed by atoms with Gasteiger partial charge in [0, 0.05) is 17.2 Å². The minimum absolute atomic E-state index is 0.142. The zero-order valence-electron chi connectivity index (χ0n) is 15.2. The maximum Gasteiger partial charge on any atom is 0.247 e. The van der Waals surface area contributed by atoms with Gasteiger partial charge in [0.05, 0.1) is 0 Å². The monoisotopic (exact) mass is 355 g/mol. The summed E-state index contributed by atoms with van der Waals surface area (Å²) in [4.78, 5) is 24.9. The minimum atomic E-state index is -0.612. The smallest absolute Gasteiger partial charge is 0.247 e. The molecule has 0 unspecified atom stereocenters. The van der Waals surface area contributed by atoms with Gasteiger partial charge in [-0.3, -0.25) is 14.7 Å². The summed E-state index contributed by atoms with van der Waals surface area (Å²) in [6, 6.07) is 11.7. The number of likely N-dealkylation sites (tertiary alicyclic amines) is 1. The van der Waals surface area contributed by atoms with Crippen LogP contribution in [0.15, 0.2) is 36.4 Å². The van der Waals surface area contributed by atoms with E-state index in [1.165, 1.54) is 5.56 Å². The van der Waals surface area contributed by atoms with Crippen LogP contribution in [0.2, 0.25) is 0 Å². The van der Waals surface area contributed by atoms with Crippen LogP contribution in [-0.4, -0.2) is 53.6 Å². The molecule has 1 aliphatic rings. The van der Waals surface area contributed by atoms with Crippen LogP contribution in [-0.2, 0) is 15.0 Å². The first kappa shape index (κ1) is 18.1. The normalized spacial score (nSPS) is 18.1. The minimum Gasteiger partial charge on any atom is -0.347 e. The van der Waals surface area contributed by atoms with Crippen LogP contribution >= 0.6 is 0 Å². The Hall–Kier alpha value is -2.67. The van der Waals surface area contributed by atoms with Crippen molar-refractivity contribution in [2.75, 3.05) is 25.5 Å². The molecule has 7 nitrogen and oxygen atoms in total. The van der Waals surface area contributed by atoms with Crippen LogP contribution in [0.1, 0.15) is 31.0 Å². The van der Waals surface area contributed by atoms with Gasteiger partial charge in [-0.1, -0.05) is 30.3 Å². The van der Waals surface area contributed by atoms with E-state index in [4.69, 9.17) is 0 Å². The summed E-state index contributed by atoms with van der Waals surface area (Å²) in [6.45, 7) is 3.62. The quantitative estimate of drug-likeness (QED) is 0.685. The van der Waals surface area contributed by atoms with Crippen molar-refractivity contribution in [3.63, 3.8) is 0 Å². The SMILES string of the molecule is C[C@H](NC=O)C(=O)Nc1cc(C2(c3ccccc3)CCN(C)CC2)[nH]n1. The number of benzene rings is 1. The standard InChI is InChI=1S/C19H25N5O2/c1-14(20-13-25)18(26)21-17-12-16(22-23-17)19(8-10-24(2)11-9-19)15-6-4-3-5-7-15/h3-7,12-14H,8-11H2,1-2H3,(H,20,25)(H2,21,22,23,26)/t14-/m0/s1. The van der Waals surface area contributed by atoms with E-state index in [2.05, 4.69) is 57.0 Å². The van der Waals surface area contributed by atoms with Gasteiger partial charge >= 0.3 is 0 Å². The van der Waals surface area contributed by atoms with Gasteiger partial charge in [-0.15, -0.1) is 0 Å². The number of carbonyl (C=O) groups excluding carboxylic acids is 2. The van der Waals surface area contributed by atoms with Crippen LogP contribution in [0.5, 0.6) is 0 Å². The lowest BCUT2D eigenvalue weighted by atomic mass is 9.70. The zero-order valence-corrected chi connectivity index (χ0v) is 15.2. The second-order valence-electron chi connectivity index (χ2n) is 6.91. The average Bonchev–Trinajstić information content (AvgIpc) is 3.12. The molecule has 3 rings (SSSR count). The van der Waals surface area contributed by atoms with Crippen molar-refractivity contribution in [3.05, 3.63) is 47.7 Å². The Morgan fingerprint density at radius 3 is 2.65 bits per heavy atom. The third kappa shape index (κ3) is 3.62. The van der Waals surface area contributed by atoms with Crippen molar-refractivity contribution in [1.82, 2.24) is 20.4 Å². The highest BCUT2D eigenvalue weighted by Crippen LogP contribution is 2.41. The third-order valence-corrected chi connectivity index (χ3v) is 5.22. The maximum absolute atomic E-state index is 12.1. The summed E-state index contributed by atoms with van der Waals surface area (Å²) < 4.78 is 0. The summed E-state index contributed by atoms with van der Waals surface area (Å²) in [5.74, 6) is 0.172. The molecule has 1 atom stereocenters. The predicted octanol–water partition coefficient (Wildman–Crippen LogP) is 1.49. The van der Waals surface area contributed by atoms with Crippen molar-refractivity contribution in [1.29, 1.82) is 0 Å². The molecule has 1 saturated heterocycles. The second-order valence-corrected chi connectivity index (χ2v) is 6.91. The number of hydrogen-bond donors (Lipinski definition) is 3. The van der Waals surface area contributed by atoms with E-state index in [1.807, 2.05) is 12.1 Å². The number of piperidine rings is 1. The van der Waals surface area contributed by atoms with E-state index >= 15 is 0 Å². The Balaban J connectivity index is 1.86. The number of aromatic nitrogens is 2. The van der Waals surface area contributed by atoms with Gasteiger partial charge in [0.1, 0.15) is 6.04 Å². The van der Waals surface area contributed by atoms with E-state index in [9.17, 15) is 9.59 Å². The lowest BCUT2D eigenvalue weighted by molar-refractivity contribution is -0.120. The van der Waals surface area contributed by atoms with Gasteiger partial charge in [0.25, 0.3) is 0 Å². The van der Waals surface area contributed by atoms with Crippen LogP contribution < -0.4 is 10.6 Å². The first-order valence-electron chi connectivity index (χ1n) is 8.86. The van der Waals surface area contributed by atoms with Gasteiger partial charge in [-0.25, -0.2) is 0 Å². The number of anilines is 1. The third-order valence-electron chi connectivity index (χ3n) is 5.22. The Bertz CT molecular complexity index is 750. The molecule has 0 spiro atoms. The highest BCUT2D eigenvalue weighted by molar-refractivity contribution is 5.94. The molecule has 2 aromatic rings. The predicted molar refractivity (Wildman–Crippen MR) is 99.8 cm³/mol. The molecule has 138 valence electrons. The largest absolute Gasteiger partial charge is 0.347 e. The van der Waals surface area contributed by atoms with Crippen molar-refractivity contribution in [2.24, 2.45) is 0 Å². The molecule has 2 heterocycles. The second kappa shape index (κ2) is 7.70. The van der Waals surface area contributed by atoms with E-state index in [-0.39, 0.29) is 11.3 Å². The summed E-state index contributed by atoms with van der Waals surface area (Å²) in [5, 5.41) is 12.6. The number of H-pyrrole nitrogens is 1. The summed E-state index contributed by atoms with van der Waals surface area (Å²) in [6.07, 6.45) is 2.47. The molecular weight excluding hydrogens is 330 g/mol. The Morgan fingerprint density at radius 2 is 2.00 bits per heavy atom. The molecule has 1 aromatic heterocycles. The number of aromatic amines is 1. The van der Waals surface area contributed by atoms with Gasteiger partial charge < -0.3 is 15.5 Å². The van der Waals surface area contributed by atoms with E-state index in [0.29, 0.717) is 12.2 Å². The molecule has 3 N–H and O–H groups in total. The van der Waals surface area contributed by atoms with E-state index < -0.39 is 6.04 Å². The van der Waals surface area contributed by atoms with Crippen molar-refractivity contribution in [3.8, 4) is 0 Å². The van der Waals surface area contributed by atoms with Gasteiger partial charge in [0.15, 0.2) is 5.82 Å². The topological polar surface area (TPSA) is 90.1 Å². The molecule has 0 bridgehead atoms. The Labute approximate surface area is 153 Å². The zero-order chi connectivity index (χ0) is 18.6. The molecule has 7 heteroatoms. The summed E-state index contributed by atoms with van der Waals surface area (Å²) in [5.41, 5.74) is 2.12. The molecule has 2 amide bonds. The number of carbonyl (C=O) groups is 2. The number of hydrogen-bond acceptors (Lipinski definition) is 4. The molecule has 1 aliphatic heterocycles. The van der Waals surface area contributed by atoms with Crippen LogP contribution in [0, 0.1) is 0 Å². The maximum atomic E-state index is 12.1. The molecule has 0 aliphatic carbocycles. The fourth-order valence-electron chi connectivity index (χ4n) is 3.51. The van der Waals surface area contributed by atoms with Gasteiger partial charge in [-0.05, 0) is 45.5 Å². The number of amides is 2. The van der Waals surface area contributed by atoms with Crippen LogP contribution in [0.25, 0.3) is 0 Å². The molecule has 26 heavy (non-hydrogen) atoms. The number of nitrogens with one attached hydrogen (secondary N) is 3. The van der Waals surface area contributed by atoms with Gasteiger partial charge in [-0.2, -0.15) is 5.10 Å². The van der Waals surface area contributed by atoms with Crippen molar-refractivity contribution in [2.45, 2.75) is 31.2 Å². The van der Waals surface area contributed by atoms with Crippen LogP contribution in [0.4, 0.5) is 5.82 Å². The van der Waals surface area contributed by atoms with Gasteiger partial charge in [0.2, 0.25) is 12.3 Å². The van der Waals surface area contributed by atoms with Crippen molar-refractivity contribution >= 4 is 18.1 Å². The number of rotatable bonds is 6. The lowest BCUT2D eigenvalue weighted by Crippen LogP contribution is -2.41. The van der Waals surface area contributed by atoms with Crippen molar-refractivity contribution < 1.29 is 9.59 Å². The molecule has 0 radical (unpaired) electrons.